The van der Waals surface area contributed by atoms with E-state index in [0.717, 1.165) is 60.3 Å². The molecule has 1 N–H and O–H groups in total. The van der Waals surface area contributed by atoms with Crippen molar-refractivity contribution >= 4 is 28.3 Å². The van der Waals surface area contributed by atoms with Crippen LogP contribution in [0.15, 0.2) is 53.5 Å². The van der Waals surface area contributed by atoms with Gasteiger partial charge >= 0.3 is 0 Å². The first-order chi connectivity index (χ1) is 15.6. The molecule has 4 aromatic rings. The van der Waals surface area contributed by atoms with Gasteiger partial charge in [0.05, 0.1) is 24.4 Å². The molecule has 6 rings (SSSR count). The van der Waals surface area contributed by atoms with Crippen LogP contribution in [0.25, 0.3) is 22.3 Å². The molecule has 1 saturated carbocycles. The van der Waals surface area contributed by atoms with Gasteiger partial charge in [-0.2, -0.15) is 0 Å². The summed E-state index contributed by atoms with van der Waals surface area (Å²) >= 11 is 1.60. The summed E-state index contributed by atoms with van der Waals surface area (Å²) in [5.41, 5.74) is 7.91. The van der Waals surface area contributed by atoms with Crippen molar-refractivity contribution in [2.24, 2.45) is 12.5 Å². The number of pyridine rings is 1. The van der Waals surface area contributed by atoms with Crippen LogP contribution in [0.2, 0.25) is 0 Å². The van der Waals surface area contributed by atoms with Gasteiger partial charge in [0.25, 0.3) is 5.91 Å². The molecule has 4 heterocycles. The lowest BCUT2D eigenvalue weighted by Gasteiger charge is -2.53. The van der Waals surface area contributed by atoms with E-state index in [1.165, 1.54) is 5.56 Å². The first kappa shape index (κ1) is 19.6. The molecule has 1 aromatic carbocycles. The predicted molar refractivity (Wildman–Crippen MR) is 125 cm³/mol. The number of rotatable bonds is 5. The molecule has 1 saturated heterocycles. The van der Waals surface area contributed by atoms with Crippen molar-refractivity contribution in [3.05, 3.63) is 70.3 Å². The molecule has 1 amide bonds. The number of fused-ring (bicyclic) bond motifs is 1. The molecule has 6 nitrogen and oxygen atoms in total. The summed E-state index contributed by atoms with van der Waals surface area (Å²) in [6.45, 7) is 1.66. The number of nitrogens with one attached hydrogen (secondary N) is 1. The second-order valence-corrected chi connectivity index (χ2v) is 9.87. The number of carbonyl (C=O) groups is 1. The largest absolute Gasteiger partial charge is 0.380 e. The van der Waals surface area contributed by atoms with Crippen LogP contribution in [0.5, 0.6) is 0 Å². The summed E-state index contributed by atoms with van der Waals surface area (Å²) in [6.07, 6.45) is 4.75. The Morgan fingerprint density at radius 3 is 2.75 bits per heavy atom. The third kappa shape index (κ3) is 3.42. The van der Waals surface area contributed by atoms with E-state index in [2.05, 4.69) is 51.0 Å². The van der Waals surface area contributed by atoms with Crippen molar-refractivity contribution in [3.8, 4) is 11.3 Å². The maximum absolute atomic E-state index is 13.0. The maximum Gasteiger partial charge on any atom is 0.270 e. The molecule has 1 aliphatic carbocycles. The van der Waals surface area contributed by atoms with Gasteiger partial charge in [0.2, 0.25) is 0 Å². The van der Waals surface area contributed by atoms with Gasteiger partial charge in [-0.3, -0.25) is 4.79 Å². The summed E-state index contributed by atoms with van der Waals surface area (Å²) in [7, 11) is 1.97. The van der Waals surface area contributed by atoms with Crippen LogP contribution < -0.4 is 5.32 Å². The van der Waals surface area contributed by atoms with Crippen LogP contribution in [-0.4, -0.2) is 39.7 Å². The lowest BCUT2D eigenvalue weighted by molar-refractivity contribution is -0.165. The molecule has 2 aliphatic rings. The zero-order valence-electron chi connectivity index (χ0n) is 17.9. The third-order valence-electron chi connectivity index (χ3n) is 6.74. The van der Waals surface area contributed by atoms with Crippen molar-refractivity contribution in [2.45, 2.75) is 25.3 Å². The number of aryl methyl sites for hydroxylation is 1. The molecular weight excluding hydrogens is 420 g/mol. The molecule has 162 valence electrons. The van der Waals surface area contributed by atoms with E-state index in [9.17, 15) is 4.79 Å². The van der Waals surface area contributed by atoms with E-state index in [-0.39, 0.29) is 11.9 Å². The summed E-state index contributed by atoms with van der Waals surface area (Å²) in [6, 6.07) is 12.7. The SMILES string of the molecule is Cn1ccc2c(Cc3ccc(-c4cscn4)cc3)cc(C(=O)NC3CC4(COC4)C3)nc21. The van der Waals surface area contributed by atoms with Crippen LogP contribution in [0.4, 0.5) is 0 Å². The fraction of sp³-hybridized carbons (Fsp3) is 0.320. The van der Waals surface area contributed by atoms with Gasteiger partial charge in [0.15, 0.2) is 0 Å². The second kappa shape index (κ2) is 7.53. The highest BCUT2D eigenvalue weighted by Gasteiger charge is 2.50. The smallest absolute Gasteiger partial charge is 0.270 e. The second-order valence-electron chi connectivity index (χ2n) is 9.15. The van der Waals surface area contributed by atoms with Gasteiger partial charge in [-0.15, -0.1) is 11.3 Å². The number of amides is 1. The van der Waals surface area contributed by atoms with E-state index in [4.69, 9.17) is 4.74 Å². The Balaban J connectivity index is 1.25. The number of nitrogens with zero attached hydrogens (tertiary/aromatic N) is 3. The van der Waals surface area contributed by atoms with Crippen LogP contribution in [0.3, 0.4) is 0 Å². The number of hydrogen-bond acceptors (Lipinski definition) is 5. The molecule has 32 heavy (non-hydrogen) atoms. The Bertz CT molecular complexity index is 1280. The fourth-order valence-electron chi connectivity index (χ4n) is 4.90. The quantitative estimate of drug-likeness (QED) is 0.501. The number of ether oxygens (including phenoxy) is 1. The van der Waals surface area contributed by atoms with E-state index in [1.807, 2.05) is 29.4 Å². The van der Waals surface area contributed by atoms with E-state index in [0.29, 0.717) is 11.1 Å². The summed E-state index contributed by atoms with van der Waals surface area (Å²) in [5, 5.41) is 6.31. The average Bonchev–Trinajstić information content (AvgIpc) is 3.40. The normalized spacial score (nSPS) is 17.3. The summed E-state index contributed by atoms with van der Waals surface area (Å²) in [4.78, 5) is 22.1. The lowest BCUT2D eigenvalue weighted by atomic mass is 9.64. The van der Waals surface area contributed by atoms with Crippen molar-refractivity contribution < 1.29 is 9.53 Å². The van der Waals surface area contributed by atoms with Crippen molar-refractivity contribution in [1.82, 2.24) is 19.9 Å². The highest BCUT2D eigenvalue weighted by Crippen LogP contribution is 2.46. The Hall–Kier alpha value is -3.03. The Kier molecular flexibility index (Phi) is 4.62. The Labute approximate surface area is 190 Å². The molecular formula is C25H24N4O2S. The van der Waals surface area contributed by atoms with Crippen LogP contribution in [0.1, 0.15) is 34.5 Å². The topological polar surface area (TPSA) is 69.0 Å². The molecule has 1 spiro atoms. The minimum absolute atomic E-state index is 0.0895. The lowest BCUT2D eigenvalue weighted by Crippen LogP contribution is -2.59. The number of thiazole rings is 1. The van der Waals surface area contributed by atoms with E-state index < -0.39 is 0 Å². The Morgan fingerprint density at radius 2 is 2.06 bits per heavy atom. The standard InChI is InChI=1S/C25H24N4O2S/c1-29-7-6-20-18(8-16-2-4-17(5-3-16)22-12-32-15-26-22)9-21(28-23(20)29)24(30)27-19-10-25(11-19)13-31-14-25/h2-7,9,12,15,19H,8,10-11,13-14H2,1H3,(H,27,30). The third-order valence-corrected chi connectivity index (χ3v) is 7.33. The molecule has 0 atom stereocenters. The van der Waals surface area contributed by atoms with Gasteiger partial charge in [-0.1, -0.05) is 24.3 Å². The number of aromatic nitrogens is 3. The summed E-state index contributed by atoms with van der Waals surface area (Å²) in [5.74, 6) is -0.0895. The summed E-state index contributed by atoms with van der Waals surface area (Å²) < 4.78 is 7.32. The minimum atomic E-state index is -0.0895. The Morgan fingerprint density at radius 1 is 1.25 bits per heavy atom. The number of carbonyl (C=O) groups excluding carboxylic acids is 1. The zero-order valence-corrected chi connectivity index (χ0v) is 18.7. The van der Waals surface area contributed by atoms with Crippen molar-refractivity contribution in [1.29, 1.82) is 0 Å². The minimum Gasteiger partial charge on any atom is -0.380 e. The first-order valence-electron chi connectivity index (χ1n) is 10.9. The van der Waals surface area contributed by atoms with E-state index >= 15 is 0 Å². The van der Waals surface area contributed by atoms with Crippen molar-refractivity contribution in [3.63, 3.8) is 0 Å². The monoisotopic (exact) mass is 444 g/mol. The molecule has 7 heteroatoms. The van der Waals surface area contributed by atoms with Crippen LogP contribution >= 0.6 is 11.3 Å². The molecule has 3 aromatic heterocycles. The van der Waals surface area contributed by atoms with Gasteiger partial charge in [0.1, 0.15) is 11.3 Å². The number of benzene rings is 1. The number of hydrogen-bond donors (Lipinski definition) is 1. The molecule has 1 aliphatic heterocycles. The van der Waals surface area contributed by atoms with Gasteiger partial charge in [-0.05, 0) is 42.5 Å². The van der Waals surface area contributed by atoms with Gasteiger partial charge in [0, 0.05) is 41.0 Å². The van der Waals surface area contributed by atoms with Gasteiger partial charge in [-0.25, -0.2) is 9.97 Å². The van der Waals surface area contributed by atoms with Gasteiger partial charge < -0.3 is 14.6 Å². The molecule has 0 radical (unpaired) electrons. The molecule has 0 bridgehead atoms. The highest BCUT2D eigenvalue weighted by molar-refractivity contribution is 7.07. The molecule has 2 fully saturated rings. The van der Waals surface area contributed by atoms with Crippen LogP contribution in [-0.2, 0) is 18.2 Å². The zero-order chi connectivity index (χ0) is 21.7. The predicted octanol–water partition coefficient (Wildman–Crippen LogP) is 4.20. The van der Waals surface area contributed by atoms with E-state index in [1.54, 1.807) is 11.3 Å². The van der Waals surface area contributed by atoms with Crippen LogP contribution in [0, 0.1) is 5.41 Å². The molecule has 0 unspecified atom stereocenters. The van der Waals surface area contributed by atoms with Crippen molar-refractivity contribution in [2.75, 3.05) is 13.2 Å². The highest BCUT2D eigenvalue weighted by atomic mass is 32.1. The average molecular weight is 445 g/mol. The fourth-order valence-corrected chi connectivity index (χ4v) is 5.47. The maximum atomic E-state index is 13.0. The first-order valence-corrected chi connectivity index (χ1v) is 11.8.